The Labute approximate surface area is 104 Å². The summed E-state index contributed by atoms with van der Waals surface area (Å²) in [5.74, 6) is 0.300. The van der Waals surface area contributed by atoms with Crippen LogP contribution in [-0.2, 0) is 10.8 Å². The molecule has 3 heteroatoms. The van der Waals surface area contributed by atoms with Gasteiger partial charge < -0.3 is 4.42 Å². The molecule has 17 heavy (non-hydrogen) atoms. The highest BCUT2D eigenvalue weighted by Gasteiger charge is 2.24. The predicted molar refractivity (Wildman–Crippen MR) is 69.1 cm³/mol. The Morgan fingerprint density at radius 2 is 1.82 bits per heavy atom. The summed E-state index contributed by atoms with van der Waals surface area (Å²) in [7, 11) is -1.04. The van der Waals surface area contributed by atoms with Crippen molar-refractivity contribution < 1.29 is 8.63 Å². The summed E-state index contributed by atoms with van der Waals surface area (Å²) < 4.78 is 17.7. The van der Waals surface area contributed by atoms with Crippen LogP contribution in [0.15, 0.2) is 58.2 Å². The summed E-state index contributed by atoms with van der Waals surface area (Å²) in [6, 6.07) is 11.5. The highest BCUT2D eigenvalue weighted by Crippen LogP contribution is 2.32. The van der Waals surface area contributed by atoms with Gasteiger partial charge in [0.15, 0.2) is 0 Å². The molecule has 2 rings (SSSR count). The van der Waals surface area contributed by atoms with E-state index < -0.39 is 10.8 Å². The zero-order chi connectivity index (χ0) is 12.3. The molecule has 0 bridgehead atoms. The Kier molecular flexibility index (Phi) is 3.79. The van der Waals surface area contributed by atoms with Crippen LogP contribution in [0.3, 0.4) is 0 Å². The summed E-state index contributed by atoms with van der Waals surface area (Å²) in [6.07, 6.45) is 3.32. The predicted octanol–water partition coefficient (Wildman–Crippen LogP) is 3.78. The smallest absolute Gasteiger partial charge is 0.0946 e. The molecular formula is C14H16O2S. The molecule has 2 nitrogen and oxygen atoms in total. The fraction of sp³-hybridized carbons (Fsp3) is 0.286. The van der Waals surface area contributed by atoms with E-state index in [9.17, 15) is 4.21 Å². The molecule has 0 amide bonds. The maximum Gasteiger partial charge on any atom is 0.0946 e. The molecule has 1 aromatic carbocycles. The lowest BCUT2D eigenvalue weighted by atomic mass is 10.1. The Morgan fingerprint density at radius 1 is 1.12 bits per heavy atom. The van der Waals surface area contributed by atoms with Gasteiger partial charge in [-0.3, -0.25) is 4.21 Å². The van der Waals surface area contributed by atoms with Crippen LogP contribution >= 0.6 is 0 Å². The van der Waals surface area contributed by atoms with Gasteiger partial charge in [0.05, 0.1) is 28.6 Å². The molecular weight excluding hydrogens is 232 g/mol. The van der Waals surface area contributed by atoms with Crippen molar-refractivity contribution in [1.29, 1.82) is 0 Å². The number of hydrogen-bond acceptors (Lipinski definition) is 2. The van der Waals surface area contributed by atoms with Gasteiger partial charge in [-0.15, -0.1) is 0 Å². The molecule has 0 radical (unpaired) electrons. The molecule has 0 saturated heterocycles. The third kappa shape index (κ3) is 2.67. The van der Waals surface area contributed by atoms with Crippen LogP contribution in [0.5, 0.6) is 0 Å². The average Bonchev–Trinajstić information content (AvgIpc) is 2.83. The molecule has 90 valence electrons. The first-order chi connectivity index (χ1) is 8.20. The molecule has 0 aliphatic carbocycles. The molecule has 0 saturated carbocycles. The molecule has 2 aromatic rings. The number of rotatable bonds is 4. The van der Waals surface area contributed by atoms with Gasteiger partial charge in [-0.25, -0.2) is 0 Å². The zero-order valence-electron chi connectivity index (χ0n) is 10.00. The van der Waals surface area contributed by atoms with Crippen molar-refractivity contribution in [1.82, 2.24) is 0 Å². The van der Waals surface area contributed by atoms with Crippen molar-refractivity contribution in [3.8, 4) is 0 Å². The normalized spacial score (nSPS) is 14.8. The second-order valence-corrected chi connectivity index (χ2v) is 5.91. The lowest BCUT2D eigenvalue weighted by Gasteiger charge is -2.18. The molecule has 2 atom stereocenters. The summed E-state index contributed by atoms with van der Waals surface area (Å²) in [6.45, 7) is 4.16. The third-order valence-corrected chi connectivity index (χ3v) is 4.70. The van der Waals surface area contributed by atoms with Crippen molar-refractivity contribution >= 4 is 10.8 Å². The minimum Gasteiger partial charge on any atom is -0.472 e. The highest BCUT2D eigenvalue weighted by molar-refractivity contribution is 7.85. The van der Waals surface area contributed by atoms with E-state index in [2.05, 4.69) is 13.8 Å². The monoisotopic (exact) mass is 248 g/mol. The van der Waals surface area contributed by atoms with Gasteiger partial charge in [-0.05, 0) is 24.1 Å². The van der Waals surface area contributed by atoms with Gasteiger partial charge in [0.2, 0.25) is 0 Å². The van der Waals surface area contributed by atoms with E-state index in [1.165, 1.54) is 0 Å². The third-order valence-electron chi connectivity index (χ3n) is 2.68. The highest BCUT2D eigenvalue weighted by atomic mass is 32.2. The van der Waals surface area contributed by atoms with Crippen LogP contribution in [0.1, 0.15) is 24.7 Å². The van der Waals surface area contributed by atoms with Crippen LogP contribution in [0.25, 0.3) is 0 Å². The summed E-state index contributed by atoms with van der Waals surface area (Å²) in [5.41, 5.74) is 1.00. The zero-order valence-corrected chi connectivity index (χ0v) is 10.8. The molecule has 0 aliphatic heterocycles. The lowest BCUT2D eigenvalue weighted by Crippen LogP contribution is -2.12. The lowest BCUT2D eigenvalue weighted by molar-refractivity contribution is 0.551. The van der Waals surface area contributed by atoms with Gasteiger partial charge in [0.25, 0.3) is 0 Å². The Balaban J connectivity index is 2.33. The second-order valence-electron chi connectivity index (χ2n) is 4.33. The van der Waals surface area contributed by atoms with Crippen LogP contribution in [-0.4, -0.2) is 4.21 Å². The first kappa shape index (κ1) is 12.1. The minimum atomic E-state index is -1.04. The van der Waals surface area contributed by atoms with Crippen LogP contribution in [0.2, 0.25) is 0 Å². The van der Waals surface area contributed by atoms with E-state index in [0.717, 1.165) is 10.5 Å². The van der Waals surface area contributed by atoms with Gasteiger partial charge in [0, 0.05) is 10.5 Å². The van der Waals surface area contributed by atoms with Gasteiger partial charge in [-0.1, -0.05) is 32.0 Å². The second kappa shape index (κ2) is 5.32. The number of benzene rings is 1. The first-order valence-electron chi connectivity index (χ1n) is 5.68. The molecule has 0 N–H and O–H groups in total. The van der Waals surface area contributed by atoms with Gasteiger partial charge in [-0.2, -0.15) is 0 Å². The van der Waals surface area contributed by atoms with E-state index in [-0.39, 0.29) is 5.25 Å². The number of hydrogen-bond donors (Lipinski definition) is 0. The Hall–Kier alpha value is -1.35. The molecule has 0 spiro atoms. The summed E-state index contributed by atoms with van der Waals surface area (Å²) >= 11 is 0. The SMILES string of the molecule is CC(C)[C@@H](c1ccoc1)[S@](=O)c1ccccc1. The van der Waals surface area contributed by atoms with Crippen molar-refractivity contribution in [2.24, 2.45) is 5.92 Å². The molecule has 0 unspecified atom stereocenters. The maximum atomic E-state index is 12.6. The molecule has 1 heterocycles. The Bertz CT molecular complexity index is 474. The summed E-state index contributed by atoms with van der Waals surface area (Å²) in [4.78, 5) is 0.868. The molecule has 0 aliphatic rings. The quantitative estimate of drug-likeness (QED) is 0.824. The van der Waals surface area contributed by atoms with E-state index >= 15 is 0 Å². The van der Waals surface area contributed by atoms with Crippen LogP contribution < -0.4 is 0 Å². The van der Waals surface area contributed by atoms with Gasteiger partial charge in [0.1, 0.15) is 0 Å². The topological polar surface area (TPSA) is 30.2 Å². The van der Waals surface area contributed by atoms with Crippen LogP contribution in [0, 0.1) is 5.92 Å². The Morgan fingerprint density at radius 3 is 2.35 bits per heavy atom. The maximum absolute atomic E-state index is 12.6. The average molecular weight is 248 g/mol. The van der Waals surface area contributed by atoms with Crippen molar-refractivity contribution in [3.05, 3.63) is 54.5 Å². The summed E-state index contributed by atoms with van der Waals surface area (Å²) in [5, 5.41) is -0.0175. The minimum absolute atomic E-state index is 0.0175. The largest absolute Gasteiger partial charge is 0.472 e. The van der Waals surface area contributed by atoms with Crippen molar-refractivity contribution in [3.63, 3.8) is 0 Å². The standard InChI is InChI=1S/C14H16O2S/c1-11(2)14(12-8-9-16-10-12)17(15)13-6-4-3-5-7-13/h3-11,14H,1-2H3/t14-,17+/m0/s1. The fourth-order valence-electron chi connectivity index (χ4n) is 1.89. The number of furan rings is 1. The van der Waals surface area contributed by atoms with E-state index in [1.807, 2.05) is 36.4 Å². The van der Waals surface area contributed by atoms with Crippen molar-refractivity contribution in [2.45, 2.75) is 24.0 Å². The van der Waals surface area contributed by atoms with E-state index in [0.29, 0.717) is 5.92 Å². The molecule has 1 aromatic heterocycles. The van der Waals surface area contributed by atoms with Crippen molar-refractivity contribution in [2.75, 3.05) is 0 Å². The first-order valence-corrected chi connectivity index (χ1v) is 6.89. The van der Waals surface area contributed by atoms with Gasteiger partial charge >= 0.3 is 0 Å². The molecule has 0 fully saturated rings. The fourth-order valence-corrected chi connectivity index (χ4v) is 3.49. The van der Waals surface area contributed by atoms with E-state index in [1.54, 1.807) is 12.5 Å². The van der Waals surface area contributed by atoms with Crippen LogP contribution in [0.4, 0.5) is 0 Å². The van der Waals surface area contributed by atoms with E-state index in [4.69, 9.17) is 4.42 Å².